The van der Waals surface area contributed by atoms with Crippen LogP contribution in [0, 0.1) is 34.3 Å². The van der Waals surface area contributed by atoms with Crippen molar-refractivity contribution in [3.8, 4) is 0 Å². The van der Waals surface area contributed by atoms with E-state index in [2.05, 4.69) is 30.8 Å². The van der Waals surface area contributed by atoms with Gasteiger partial charge in [0.25, 0.3) is 0 Å². The molecule has 2 atom stereocenters. The smallest absolute Gasteiger partial charge is 0.328 e. The standard InChI is InChI=1S/C28H40N4O6S2.2ClHO4/c1-19-25-11-15-37-27(35)24(30-22(4)34)10-6-8-14-32-18-40-26(20(32)2)12-16-38-28(36)23(29-21(3)33)9-5-7-13-31(19)17-39-25;2*2-1(3,4)5/h17-18,23-24H,5-16H2,1-4H3;2*(H,2,3,4,5)/t23-,24+;;. The molecule has 284 valence electrons. The summed E-state index contributed by atoms with van der Waals surface area (Å²) in [6.45, 7) is 9.00. The predicted octanol–water partition coefficient (Wildman–Crippen LogP) is -7.28. The number of hydrogen-bond donors (Lipinski definition) is 2. The van der Waals surface area contributed by atoms with Gasteiger partial charge in [-0.3, -0.25) is 9.59 Å². The van der Waals surface area contributed by atoms with E-state index >= 15 is 0 Å². The van der Waals surface area contributed by atoms with Crippen LogP contribution in [0.4, 0.5) is 0 Å². The second-order valence-corrected chi connectivity index (χ2v) is 14.3. The number of aryl methyl sites for hydroxylation is 2. The average molecular weight is 794 g/mol. The van der Waals surface area contributed by atoms with Crippen LogP contribution in [-0.2, 0) is 54.6 Å². The molecule has 2 aromatic heterocycles. The number of thiazole rings is 2. The first-order chi connectivity index (χ1) is 23.2. The zero-order chi connectivity index (χ0) is 38.1. The molecule has 0 aromatic carbocycles. The molecule has 1 aliphatic rings. The zero-order valence-corrected chi connectivity index (χ0v) is 31.1. The van der Waals surface area contributed by atoms with Gasteiger partial charge in [-0.1, -0.05) is 22.7 Å². The number of amides is 2. The molecule has 3 rings (SSSR count). The van der Waals surface area contributed by atoms with Gasteiger partial charge < -0.3 is 20.1 Å². The molecule has 2 aromatic rings. The van der Waals surface area contributed by atoms with E-state index in [1.807, 2.05) is 13.8 Å². The van der Waals surface area contributed by atoms with Crippen molar-refractivity contribution in [3.63, 3.8) is 0 Å². The Morgan fingerprint density at radius 3 is 1.30 bits per heavy atom. The summed E-state index contributed by atoms with van der Waals surface area (Å²) in [5.41, 5.74) is 6.36. The van der Waals surface area contributed by atoms with Crippen molar-refractivity contribution in [2.75, 3.05) is 13.2 Å². The maximum absolute atomic E-state index is 12.8. The number of carbonyl (C=O) groups excluding carboxylic acids is 4. The fourth-order valence-corrected chi connectivity index (χ4v) is 6.78. The van der Waals surface area contributed by atoms with Gasteiger partial charge in [-0.15, -0.1) is 20.5 Å². The number of ether oxygens (including phenoxy) is 2. The van der Waals surface area contributed by atoms with Gasteiger partial charge in [0.15, 0.2) is 11.4 Å². The molecule has 0 saturated heterocycles. The number of nitrogens with one attached hydrogen (secondary N) is 2. The van der Waals surface area contributed by atoms with Crippen LogP contribution in [-0.4, -0.2) is 49.1 Å². The van der Waals surface area contributed by atoms with Crippen LogP contribution in [0.3, 0.4) is 0 Å². The van der Waals surface area contributed by atoms with Crippen LogP contribution in [0.1, 0.15) is 73.5 Å². The lowest BCUT2D eigenvalue weighted by molar-refractivity contribution is -2.00. The molecular weight excluding hydrogens is 751 g/mol. The molecule has 4 bridgehead atoms. The molecule has 3 heterocycles. The van der Waals surface area contributed by atoms with Crippen LogP contribution in [0.5, 0.6) is 0 Å². The van der Waals surface area contributed by atoms with E-state index < -0.39 is 44.5 Å². The molecule has 0 unspecified atom stereocenters. The van der Waals surface area contributed by atoms with E-state index in [1.165, 1.54) is 13.8 Å². The van der Waals surface area contributed by atoms with Crippen molar-refractivity contribution in [2.24, 2.45) is 0 Å². The van der Waals surface area contributed by atoms with Crippen LogP contribution in [0.25, 0.3) is 0 Å². The summed E-state index contributed by atoms with van der Waals surface area (Å²) in [6.07, 6.45) is 5.42. The third kappa shape index (κ3) is 20.9. The van der Waals surface area contributed by atoms with Crippen molar-refractivity contribution in [1.82, 2.24) is 10.6 Å². The molecular formula is C28H42Cl2N4O14S2. The monoisotopic (exact) mass is 792 g/mol. The number of halogens is 2. The number of nitrogens with zero attached hydrogens (tertiary/aromatic N) is 2. The Hall–Kier alpha value is -2.60. The summed E-state index contributed by atoms with van der Waals surface area (Å²) in [4.78, 5) is 51.3. The minimum Gasteiger partial charge on any atom is -0.464 e. The van der Waals surface area contributed by atoms with Gasteiger partial charge in [0.2, 0.25) is 22.8 Å². The summed E-state index contributed by atoms with van der Waals surface area (Å²) in [6, 6.07) is -1.31. The number of cyclic esters (lactones) is 2. The van der Waals surface area contributed by atoms with Crippen molar-refractivity contribution in [2.45, 2.75) is 104 Å². The normalized spacial score (nSPS) is 18.8. The molecule has 22 heteroatoms. The lowest BCUT2D eigenvalue weighted by Gasteiger charge is -2.17. The predicted molar refractivity (Wildman–Crippen MR) is 151 cm³/mol. The summed E-state index contributed by atoms with van der Waals surface area (Å²) >= 11 is 3.24. The minimum absolute atomic E-state index is 0.248. The second-order valence-electron chi connectivity index (χ2n) is 10.9. The van der Waals surface area contributed by atoms with Gasteiger partial charge in [0, 0.05) is 53.4 Å². The van der Waals surface area contributed by atoms with Gasteiger partial charge >= 0.3 is 11.9 Å². The van der Waals surface area contributed by atoms with E-state index in [1.54, 1.807) is 22.7 Å². The fraction of sp³-hybridized carbons (Fsp3) is 0.643. The summed E-state index contributed by atoms with van der Waals surface area (Å²) < 4.78 is 83.4. The SMILES string of the molecule is CC(=O)N[C@H]1CCCC[n+]2csc(c2C)CCOC(=O)[C@H](NC(C)=O)CCCC[n+]2csc(c2C)CCOC1=O.[O-][Cl+3]([O-])([O-])[O-].[O-][Cl+3]([O-])([O-])[O-]. The van der Waals surface area contributed by atoms with E-state index in [0.717, 1.165) is 59.9 Å². The second kappa shape index (κ2) is 22.4. The van der Waals surface area contributed by atoms with Crippen molar-refractivity contribution in [3.05, 3.63) is 32.2 Å². The quantitative estimate of drug-likeness (QED) is 0.211. The molecule has 1 aliphatic heterocycles. The van der Waals surface area contributed by atoms with E-state index in [9.17, 15) is 19.2 Å². The fourth-order valence-electron chi connectivity index (χ4n) is 4.76. The Kier molecular flexibility index (Phi) is 20.3. The largest absolute Gasteiger partial charge is 0.464 e. The third-order valence-electron chi connectivity index (χ3n) is 7.07. The average Bonchev–Trinajstić information content (AvgIpc) is 3.50. The Bertz CT molecular complexity index is 1270. The number of rotatable bonds is 2. The number of carbonyl (C=O) groups is 4. The molecule has 0 saturated carbocycles. The molecule has 2 N–H and O–H groups in total. The topological polar surface area (TPSA) is 303 Å². The number of hydrogen-bond acceptors (Lipinski definition) is 16. The van der Waals surface area contributed by atoms with Gasteiger partial charge in [0.05, 0.1) is 23.0 Å². The summed E-state index contributed by atoms with van der Waals surface area (Å²) in [7, 11) is -9.89. The van der Waals surface area contributed by atoms with Gasteiger partial charge in [0.1, 0.15) is 25.2 Å². The molecule has 50 heavy (non-hydrogen) atoms. The maximum Gasteiger partial charge on any atom is 0.328 e. The first-order valence-electron chi connectivity index (χ1n) is 15.2. The highest BCUT2D eigenvalue weighted by molar-refractivity contribution is 7.09. The van der Waals surface area contributed by atoms with E-state index in [0.29, 0.717) is 25.7 Å². The Morgan fingerprint density at radius 1 is 0.680 bits per heavy atom. The molecule has 0 aliphatic carbocycles. The highest BCUT2D eigenvalue weighted by Gasteiger charge is 2.24. The lowest BCUT2D eigenvalue weighted by atomic mass is 10.1. The molecule has 18 nitrogen and oxygen atoms in total. The Labute approximate surface area is 301 Å². The Balaban J connectivity index is 0.00000109. The lowest BCUT2D eigenvalue weighted by Crippen LogP contribution is -2.68. The van der Waals surface area contributed by atoms with Crippen molar-refractivity contribution >= 4 is 46.4 Å². The van der Waals surface area contributed by atoms with Gasteiger partial charge in [-0.2, -0.15) is 9.13 Å². The molecule has 0 spiro atoms. The summed E-state index contributed by atoms with van der Waals surface area (Å²) in [5.74, 6) is -1.28. The number of esters is 2. The first kappa shape index (κ1) is 45.4. The number of aromatic nitrogens is 2. The molecule has 0 radical (unpaired) electrons. The zero-order valence-electron chi connectivity index (χ0n) is 28.0. The Morgan fingerprint density at radius 2 is 1.00 bits per heavy atom. The van der Waals surface area contributed by atoms with E-state index in [4.69, 9.17) is 46.7 Å². The highest BCUT2D eigenvalue weighted by atomic mass is 35.7. The van der Waals surface area contributed by atoms with Crippen LogP contribution >= 0.6 is 22.7 Å². The summed E-state index contributed by atoms with van der Waals surface area (Å²) in [5, 5.41) is 5.50. The van der Waals surface area contributed by atoms with Crippen molar-refractivity contribution < 1.29 is 95.5 Å². The minimum atomic E-state index is -4.94. The van der Waals surface area contributed by atoms with E-state index in [-0.39, 0.29) is 25.0 Å². The highest BCUT2D eigenvalue weighted by Crippen LogP contribution is 2.15. The van der Waals surface area contributed by atoms with Crippen LogP contribution < -0.4 is 57.0 Å². The van der Waals surface area contributed by atoms with Gasteiger partial charge in [-0.25, -0.2) is 46.9 Å². The van der Waals surface area contributed by atoms with Crippen LogP contribution in [0.2, 0.25) is 0 Å². The molecule has 0 fully saturated rings. The third-order valence-corrected chi connectivity index (χ3v) is 9.36. The molecule has 2 amide bonds. The number of fused-ring (bicyclic) bond motifs is 4. The van der Waals surface area contributed by atoms with Crippen LogP contribution in [0.15, 0.2) is 11.0 Å². The van der Waals surface area contributed by atoms with Crippen molar-refractivity contribution in [1.29, 1.82) is 0 Å². The maximum atomic E-state index is 12.8. The first-order valence-corrected chi connectivity index (χ1v) is 19.4. The van der Waals surface area contributed by atoms with Gasteiger partial charge in [-0.05, 0) is 25.7 Å².